The Balaban J connectivity index is 3.71. The van der Waals surface area contributed by atoms with Gasteiger partial charge in [-0.3, -0.25) is 0 Å². The van der Waals surface area contributed by atoms with E-state index in [4.69, 9.17) is 0 Å². The number of carbonyl (C=O) groups is 1. The summed E-state index contributed by atoms with van der Waals surface area (Å²) in [4.78, 5) is 10.1. The zero-order valence-corrected chi connectivity index (χ0v) is 6.68. The van der Waals surface area contributed by atoms with Gasteiger partial charge in [0.15, 0.2) is 0 Å². The third kappa shape index (κ3) is 3.33. The fraction of sp³-hybridized carbons (Fsp3) is 0.857. The Kier molecular flexibility index (Phi) is 3.84. The molecule has 1 unspecified atom stereocenters. The van der Waals surface area contributed by atoms with Gasteiger partial charge in [-0.05, 0) is 12.3 Å². The Morgan fingerprint density at radius 3 is 2.10 bits per heavy atom. The minimum Gasteiger partial charge on any atom is -0.315 e. The fourth-order valence-electron chi connectivity index (χ4n) is 0.892. The van der Waals surface area contributed by atoms with Crippen LogP contribution in [0.4, 0.5) is 4.79 Å². The van der Waals surface area contributed by atoms with Gasteiger partial charge in [-0.15, -0.1) is 0 Å². The molecule has 1 radical (unpaired) electrons. The number of rotatable bonds is 3. The SMILES string of the molecule is CCC(NC([O])=O)C(C)C. The van der Waals surface area contributed by atoms with Crippen molar-refractivity contribution >= 4 is 6.09 Å². The average Bonchev–Trinajstić information content (AvgIpc) is 1.81. The molecular weight excluding hydrogens is 130 g/mol. The summed E-state index contributed by atoms with van der Waals surface area (Å²) in [5, 5.41) is 12.4. The van der Waals surface area contributed by atoms with Crippen LogP contribution in [-0.4, -0.2) is 12.1 Å². The summed E-state index contributed by atoms with van der Waals surface area (Å²) in [6.07, 6.45) is -0.369. The molecule has 0 heterocycles. The van der Waals surface area contributed by atoms with E-state index in [0.29, 0.717) is 5.92 Å². The van der Waals surface area contributed by atoms with Crippen LogP contribution in [0.25, 0.3) is 0 Å². The van der Waals surface area contributed by atoms with Crippen molar-refractivity contribution < 1.29 is 9.90 Å². The number of amides is 1. The molecule has 0 rings (SSSR count). The summed E-state index contributed by atoms with van der Waals surface area (Å²) in [6, 6.07) is 0.0324. The summed E-state index contributed by atoms with van der Waals surface area (Å²) in [5.41, 5.74) is 0. The highest BCUT2D eigenvalue weighted by molar-refractivity contribution is 5.64. The minimum absolute atomic E-state index is 0.0324. The topological polar surface area (TPSA) is 49.0 Å². The molecule has 0 fully saturated rings. The Labute approximate surface area is 61.4 Å². The van der Waals surface area contributed by atoms with Gasteiger partial charge >= 0.3 is 6.09 Å². The molecule has 3 nitrogen and oxygen atoms in total. The van der Waals surface area contributed by atoms with E-state index in [0.717, 1.165) is 6.42 Å². The molecule has 0 aliphatic rings. The highest BCUT2D eigenvalue weighted by Gasteiger charge is 2.13. The van der Waals surface area contributed by atoms with Gasteiger partial charge in [0.05, 0.1) is 0 Å². The Morgan fingerprint density at radius 2 is 2.00 bits per heavy atom. The maximum absolute atomic E-state index is 10.1. The van der Waals surface area contributed by atoms with Gasteiger partial charge in [0, 0.05) is 6.04 Å². The van der Waals surface area contributed by atoms with Crippen LogP contribution in [0.15, 0.2) is 0 Å². The van der Waals surface area contributed by atoms with Gasteiger partial charge in [-0.2, -0.15) is 0 Å². The van der Waals surface area contributed by atoms with Crippen molar-refractivity contribution in [3.8, 4) is 0 Å². The van der Waals surface area contributed by atoms with Crippen LogP contribution in [-0.2, 0) is 5.11 Å². The average molecular weight is 144 g/mol. The second-order valence-electron chi connectivity index (χ2n) is 2.69. The maximum atomic E-state index is 10.1. The lowest BCUT2D eigenvalue weighted by Crippen LogP contribution is -2.36. The van der Waals surface area contributed by atoms with Crippen LogP contribution in [0, 0.1) is 5.92 Å². The molecule has 0 aliphatic heterocycles. The normalized spacial score (nSPS) is 13.2. The van der Waals surface area contributed by atoms with E-state index in [1.165, 1.54) is 0 Å². The van der Waals surface area contributed by atoms with Crippen molar-refractivity contribution in [1.29, 1.82) is 0 Å². The van der Waals surface area contributed by atoms with Gasteiger partial charge in [0.25, 0.3) is 0 Å². The van der Waals surface area contributed by atoms with E-state index < -0.39 is 6.09 Å². The molecule has 0 saturated heterocycles. The Morgan fingerprint density at radius 1 is 1.50 bits per heavy atom. The third-order valence-corrected chi connectivity index (χ3v) is 1.55. The summed E-state index contributed by atoms with van der Waals surface area (Å²) < 4.78 is 0. The molecule has 0 spiro atoms. The largest absolute Gasteiger partial charge is 0.450 e. The molecule has 1 atom stereocenters. The van der Waals surface area contributed by atoms with Crippen molar-refractivity contribution in [2.45, 2.75) is 33.2 Å². The van der Waals surface area contributed by atoms with E-state index >= 15 is 0 Å². The van der Waals surface area contributed by atoms with Crippen molar-refractivity contribution in [1.82, 2.24) is 5.32 Å². The third-order valence-electron chi connectivity index (χ3n) is 1.55. The first-order valence-electron chi connectivity index (χ1n) is 3.55. The number of hydrogen-bond acceptors (Lipinski definition) is 1. The molecule has 0 aromatic heterocycles. The quantitative estimate of drug-likeness (QED) is 0.642. The first-order valence-corrected chi connectivity index (χ1v) is 3.55. The van der Waals surface area contributed by atoms with Gasteiger partial charge in [-0.1, -0.05) is 20.8 Å². The molecule has 10 heavy (non-hydrogen) atoms. The predicted molar refractivity (Wildman–Crippen MR) is 38.1 cm³/mol. The van der Waals surface area contributed by atoms with Crippen molar-refractivity contribution in [2.24, 2.45) is 5.92 Å². The van der Waals surface area contributed by atoms with Crippen LogP contribution in [0.2, 0.25) is 0 Å². The molecule has 0 saturated carbocycles. The number of carbonyl (C=O) groups excluding carboxylic acids is 1. The van der Waals surface area contributed by atoms with Crippen LogP contribution in [0.1, 0.15) is 27.2 Å². The first kappa shape index (κ1) is 9.27. The number of nitrogens with one attached hydrogen (secondary N) is 1. The number of hydrogen-bond donors (Lipinski definition) is 1. The Hall–Kier alpha value is -0.730. The maximum Gasteiger partial charge on any atom is 0.450 e. The predicted octanol–water partition coefficient (Wildman–Crippen LogP) is 1.56. The van der Waals surface area contributed by atoms with Crippen LogP contribution in [0.3, 0.4) is 0 Å². The first-order chi connectivity index (χ1) is 4.57. The van der Waals surface area contributed by atoms with Gasteiger partial charge in [0.1, 0.15) is 0 Å². The van der Waals surface area contributed by atoms with E-state index in [1.807, 2.05) is 20.8 Å². The lowest BCUT2D eigenvalue weighted by molar-refractivity contribution is 0.160. The highest BCUT2D eigenvalue weighted by Crippen LogP contribution is 2.04. The molecule has 1 amide bonds. The highest BCUT2D eigenvalue weighted by atomic mass is 16.4. The second kappa shape index (κ2) is 4.14. The van der Waals surface area contributed by atoms with Crippen molar-refractivity contribution in [3.63, 3.8) is 0 Å². The van der Waals surface area contributed by atoms with Gasteiger partial charge in [-0.25, -0.2) is 9.90 Å². The summed E-state index contributed by atoms with van der Waals surface area (Å²) in [6.45, 7) is 5.90. The summed E-state index contributed by atoms with van der Waals surface area (Å²) >= 11 is 0. The molecule has 59 valence electrons. The zero-order valence-electron chi connectivity index (χ0n) is 6.68. The molecule has 0 aromatic carbocycles. The zero-order chi connectivity index (χ0) is 8.15. The molecule has 0 aliphatic carbocycles. The Bertz CT molecular complexity index is 112. The van der Waals surface area contributed by atoms with E-state index in [2.05, 4.69) is 5.32 Å². The standard InChI is InChI=1S/C7H14NO2/c1-4-6(5(2)3)8-7(9)10/h5-6,8H,4H2,1-3H3. The van der Waals surface area contributed by atoms with Crippen molar-refractivity contribution in [2.75, 3.05) is 0 Å². The van der Waals surface area contributed by atoms with Gasteiger partial charge in [0.2, 0.25) is 0 Å². The van der Waals surface area contributed by atoms with E-state index in [-0.39, 0.29) is 6.04 Å². The fourth-order valence-corrected chi connectivity index (χ4v) is 0.892. The van der Waals surface area contributed by atoms with Crippen LogP contribution >= 0.6 is 0 Å². The lowest BCUT2D eigenvalue weighted by Gasteiger charge is -2.17. The monoisotopic (exact) mass is 144 g/mol. The molecule has 3 heteroatoms. The van der Waals surface area contributed by atoms with Gasteiger partial charge < -0.3 is 5.32 Å². The van der Waals surface area contributed by atoms with E-state index in [1.54, 1.807) is 0 Å². The molecule has 0 bridgehead atoms. The van der Waals surface area contributed by atoms with Crippen LogP contribution < -0.4 is 5.32 Å². The molecular formula is C7H14NO2. The second-order valence-corrected chi connectivity index (χ2v) is 2.69. The smallest absolute Gasteiger partial charge is 0.315 e. The minimum atomic E-state index is -1.18. The van der Waals surface area contributed by atoms with E-state index in [9.17, 15) is 9.90 Å². The molecule has 0 aromatic rings. The lowest BCUT2D eigenvalue weighted by atomic mass is 10.0. The summed E-state index contributed by atoms with van der Waals surface area (Å²) in [5.74, 6) is 0.336. The summed E-state index contributed by atoms with van der Waals surface area (Å²) in [7, 11) is 0. The van der Waals surface area contributed by atoms with Crippen LogP contribution in [0.5, 0.6) is 0 Å². The van der Waals surface area contributed by atoms with Crippen molar-refractivity contribution in [3.05, 3.63) is 0 Å². The molecule has 1 N–H and O–H groups in total.